The molecule has 1 aromatic rings. The molecule has 1 amide bonds. The van der Waals surface area contributed by atoms with Crippen molar-refractivity contribution in [1.82, 2.24) is 5.32 Å². The first-order chi connectivity index (χ1) is 9.53. The topological polar surface area (TPSA) is 79.5 Å². The van der Waals surface area contributed by atoms with Crippen molar-refractivity contribution in [2.45, 2.75) is 45.4 Å². The molecule has 0 radical (unpaired) electrons. The second-order valence-electron chi connectivity index (χ2n) is 5.59. The first-order valence-corrected chi connectivity index (χ1v) is 7.12. The van der Waals surface area contributed by atoms with E-state index in [1.165, 1.54) is 0 Å². The Bertz CT molecular complexity index is 484. The molecule has 0 aliphatic heterocycles. The van der Waals surface area contributed by atoms with E-state index in [9.17, 15) is 14.7 Å². The fourth-order valence-corrected chi connectivity index (χ4v) is 2.76. The molecular weight excluding hydrogens is 258 g/mol. The van der Waals surface area contributed by atoms with E-state index in [1.807, 2.05) is 0 Å². The smallest absolute Gasteiger partial charge is 0.311 e. The molecule has 1 heterocycles. The lowest BCUT2D eigenvalue weighted by Crippen LogP contribution is -2.42. The average Bonchev–Trinajstić information content (AvgIpc) is 2.71. The summed E-state index contributed by atoms with van der Waals surface area (Å²) in [6.45, 7) is 1.93. The number of carbonyl (C=O) groups is 2. The third-order valence-corrected chi connectivity index (χ3v) is 4.07. The van der Waals surface area contributed by atoms with E-state index in [1.54, 1.807) is 19.1 Å². The van der Waals surface area contributed by atoms with E-state index in [0.29, 0.717) is 18.6 Å². The number of aryl methyl sites for hydroxylation is 1. The summed E-state index contributed by atoms with van der Waals surface area (Å²) in [4.78, 5) is 23.6. The van der Waals surface area contributed by atoms with Crippen LogP contribution >= 0.6 is 0 Å². The molecule has 1 fully saturated rings. The van der Waals surface area contributed by atoms with Crippen molar-refractivity contribution in [3.8, 4) is 0 Å². The van der Waals surface area contributed by atoms with Crippen molar-refractivity contribution in [3.05, 3.63) is 23.7 Å². The van der Waals surface area contributed by atoms with Gasteiger partial charge in [-0.2, -0.15) is 0 Å². The molecular formula is C15H21NO4. The van der Waals surface area contributed by atoms with Crippen LogP contribution in [0, 0.1) is 12.3 Å². The van der Waals surface area contributed by atoms with Crippen LogP contribution in [-0.4, -0.2) is 23.5 Å². The zero-order valence-corrected chi connectivity index (χ0v) is 11.8. The van der Waals surface area contributed by atoms with Gasteiger partial charge in [0.05, 0.1) is 5.41 Å². The quantitative estimate of drug-likeness (QED) is 0.830. The van der Waals surface area contributed by atoms with E-state index >= 15 is 0 Å². The summed E-state index contributed by atoms with van der Waals surface area (Å²) >= 11 is 0. The summed E-state index contributed by atoms with van der Waals surface area (Å²) in [6.07, 6.45) is 5.20. The van der Waals surface area contributed by atoms with Gasteiger partial charge in [-0.15, -0.1) is 0 Å². The van der Waals surface area contributed by atoms with Crippen molar-refractivity contribution in [1.29, 1.82) is 0 Å². The Hall–Kier alpha value is -1.78. The highest BCUT2D eigenvalue weighted by atomic mass is 16.4. The molecule has 2 rings (SSSR count). The van der Waals surface area contributed by atoms with Crippen molar-refractivity contribution in [2.24, 2.45) is 5.41 Å². The molecule has 0 bridgehead atoms. The number of aliphatic carboxylic acids is 1. The van der Waals surface area contributed by atoms with E-state index in [2.05, 4.69) is 5.32 Å². The molecule has 0 atom stereocenters. The van der Waals surface area contributed by atoms with Gasteiger partial charge in [0.25, 0.3) is 5.91 Å². The van der Waals surface area contributed by atoms with Crippen LogP contribution in [0.1, 0.15) is 54.8 Å². The van der Waals surface area contributed by atoms with Crippen LogP contribution in [-0.2, 0) is 4.79 Å². The third-order valence-electron chi connectivity index (χ3n) is 4.07. The molecule has 110 valence electrons. The first kappa shape index (κ1) is 14.6. The van der Waals surface area contributed by atoms with Crippen LogP contribution in [0.3, 0.4) is 0 Å². The van der Waals surface area contributed by atoms with Gasteiger partial charge < -0.3 is 14.8 Å². The number of amides is 1. The number of nitrogens with one attached hydrogen (secondary N) is 1. The minimum atomic E-state index is -0.826. The maximum atomic E-state index is 12.0. The molecule has 0 aromatic carbocycles. The van der Waals surface area contributed by atoms with Crippen molar-refractivity contribution in [3.63, 3.8) is 0 Å². The highest BCUT2D eigenvalue weighted by Crippen LogP contribution is 2.34. The molecule has 2 N–H and O–H groups in total. The second kappa shape index (κ2) is 6.11. The Balaban J connectivity index is 2.01. The largest absolute Gasteiger partial charge is 0.481 e. The summed E-state index contributed by atoms with van der Waals surface area (Å²) in [5.74, 6) is -0.257. The summed E-state index contributed by atoms with van der Waals surface area (Å²) in [6, 6.07) is 3.32. The maximum absolute atomic E-state index is 12.0. The van der Waals surface area contributed by atoms with Crippen LogP contribution < -0.4 is 5.32 Å². The lowest BCUT2D eigenvalue weighted by Gasteiger charge is -2.28. The van der Waals surface area contributed by atoms with Crippen LogP contribution in [0.15, 0.2) is 16.5 Å². The van der Waals surface area contributed by atoms with E-state index in [0.717, 1.165) is 25.7 Å². The predicted octanol–water partition coefficient (Wildman–Crippen LogP) is 2.74. The maximum Gasteiger partial charge on any atom is 0.311 e. The molecule has 1 aromatic heterocycles. The molecule has 1 aliphatic rings. The van der Waals surface area contributed by atoms with Gasteiger partial charge in [-0.05, 0) is 31.9 Å². The Morgan fingerprint density at radius 1 is 1.25 bits per heavy atom. The first-order valence-electron chi connectivity index (χ1n) is 7.12. The average molecular weight is 279 g/mol. The molecule has 0 unspecified atom stereocenters. The fraction of sp³-hybridized carbons (Fsp3) is 0.600. The van der Waals surface area contributed by atoms with Gasteiger partial charge in [0.1, 0.15) is 5.76 Å². The third kappa shape index (κ3) is 3.21. The van der Waals surface area contributed by atoms with Gasteiger partial charge in [0.15, 0.2) is 5.76 Å². The Labute approximate surface area is 118 Å². The summed E-state index contributed by atoms with van der Waals surface area (Å²) < 4.78 is 5.24. The zero-order chi connectivity index (χ0) is 14.6. The molecule has 0 saturated heterocycles. The number of carbonyl (C=O) groups excluding carboxylic acids is 1. The predicted molar refractivity (Wildman–Crippen MR) is 73.5 cm³/mol. The van der Waals surface area contributed by atoms with E-state index < -0.39 is 11.4 Å². The van der Waals surface area contributed by atoms with Crippen molar-refractivity contribution < 1.29 is 19.1 Å². The van der Waals surface area contributed by atoms with Crippen molar-refractivity contribution in [2.75, 3.05) is 6.54 Å². The number of carboxylic acids is 1. The van der Waals surface area contributed by atoms with E-state index in [4.69, 9.17) is 4.42 Å². The van der Waals surface area contributed by atoms with Gasteiger partial charge in [-0.3, -0.25) is 9.59 Å². The minimum Gasteiger partial charge on any atom is -0.481 e. The van der Waals surface area contributed by atoms with Crippen LogP contribution in [0.25, 0.3) is 0 Å². The standard InChI is InChI=1S/C15H21NO4/c1-11-6-7-12(20-11)13(17)16-10-15(14(18)19)8-4-2-3-5-9-15/h6-7H,2-5,8-10H2,1H3,(H,16,17)(H,18,19). The van der Waals surface area contributed by atoms with Crippen molar-refractivity contribution >= 4 is 11.9 Å². The van der Waals surface area contributed by atoms with Crippen LogP contribution in [0.2, 0.25) is 0 Å². The second-order valence-corrected chi connectivity index (χ2v) is 5.59. The Morgan fingerprint density at radius 2 is 1.90 bits per heavy atom. The Kier molecular flexibility index (Phi) is 4.47. The lowest BCUT2D eigenvalue weighted by atomic mass is 9.80. The van der Waals surface area contributed by atoms with Gasteiger partial charge in [0, 0.05) is 6.54 Å². The number of hydrogen-bond donors (Lipinski definition) is 2. The molecule has 1 aliphatic carbocycles. The monoisotopic (exact) mass is 279 g/mol. The summed E-state index contributed by atoms with van der Waals surface area (Å²) in [5.41, 5.74) is -0.826. The normalized spacial score (nSPS) is 18.2. The van der Waals surface area contributed by atoms with Gasteiger partial charge in [-0.1, -0.05) is 25.7 Å². The summed E-state index contributed by atoms with van der Waals surface area (Å²) in [5, 5.41) is 12.2. The molecule has 5 nitrogen and oxygen atoms in total. The van der Waals surface area contributed by atoms with Crippen LogP contribution in [0.5, 0.6) is 0 Å². The fourth-order valence-electron chi connectivity index (χ4n) is 2.76. The minimum absolute atomic E-state index is 0.168. The van der Waals surface area contributed by atoms with E-state index in [-0.39, 0.29) is 18.2 Å². The van der Waals surface area contributed by atoms with Gasteiger partial charge in [0.2, 0.25) is 0 Å². The number of hydrogen-bond acceptors (Lipinski definition) is 3. The SMILES string of the molecule is Cc1ccc(C(=O)NCC2(C(=O)O)CCCCCC2)o1. The Morgan fingerprint density at radius 3 is 2.40 bits per heavy atom. The molecule has 1 saturated carbocycles. The number of carboxylic acid groups (broad SMARTS) is 1. The lowest BCUT2D eigenvalue weighted by molar-refractivity contribution is -0.149. The molecule has 5 heteroatoms. The molecule has 0 spiro atoms. The highest BCUT2D eigenvalue weighted by molar-refractivity contribution is 5.91. The number of furan rings is 1. The highest BCUT2D eigenvalue weighted by Gasteiger charge is 2.39. The zero-order valence-electron chi connectivity index (χ0n) is 11.8. The van der Waals surface area contributed by atoms with Gasteiger partial charge >= 0.3 is 5.97 Å². The van der Waals surface area contributed by atoms with Gasteiger partial charge in [-0.25, -0.2) is 0 Å². The molecule has 20 heavy (non-hydrogen) atoms. The number of rotatable bonds is 4. The summed E-state index contributed by atoms with van der Waals surface area (Å²) in [7, 11) is 0. The van der Waals surface area contributed by atoms with Crippen LogP contribution in [0.4, 0.5) is 0 Å².